The van der Waals surface area contributed by atoms with Crippen molar-refractivity contribution in [3.63, 3.8) is 0 Å². The van der Waals surface area contributed by atoms with Gasteiger partial charge in [-0.3, -0.25) is 4.79 Å². The van der Waals surface area contributed by atoms with Crippen molar-refractivity contribution in [2.75, 3.05) is 5.75 Å². The highest BCUT2D eigenvalue weighted by Gasteiger charge is 2.14. The van der Waals surface area contributed by atoms with Crippen LogP contribution in [-0.2, 0) is 4.79 Å². The Balaban J connectivity index is 1.75. The fourth-order valence-electron chi connectivity index (χ4n) is 2.48. The molecule has 3 nitrogen and oxygen atoms in total. The van der Waals surface area contributed by atoms with Crippen LogP contribution in [0.2, 0.25) is 5.02 Å². The van der Waals surface area contributed by atoms with E-state index in [1.165, 1.54) is 43.9 Å². The highest BCUT2D eigenvalue weighted by molar-refractivity contribution is 8.00. The minimum absolute atomic E-state index is 0.0855. The van der Waals surface area contributed by atoms with Gasteiger partial charge in [-0.25, -0.2) is 4.98 Å². The number of thioether (sulfide) groups is 1. The zero-order valence-corrected chi connectivity index (χ0v) is 13.2. The third-order valence-corrected chi connectivity index (χ3v) is 4.96. The Kier molecular flexibility index (Phi) is 6.67. The van der Waals surface area contributed by atoms with Crippen LogP contribution in [0.1, 0.15) is 44.9 Å². The van der Waals surface area contributed by atoms with Gasteiger partial charge in [-0.1, -0.05) is 55.5 Å². The molecule has 1 heterocycles. The average Bonchev–Trinajstić information content (AvgIpc) is 2.41. The summed E-state index contributed by atoms with van der Waals surface area (Å²) in [6, 6.07) is 3.94. The molecule has 1 amide bonds. The molecule has 0 spiro atoms. The quantitative estimate of drug-likeness (QED) is 0.853. The lowest BCUT2D eigenvalue weighted by Gasteiger charge is -2.20. The number of carbonyl (C=O) groups excluding carboxylic acids is 1. The van der Waals surface area contributed by atoms with Gasteiger partial charge in [0.2, 0.25) is 5.91 Å². The van der Waals surface area contributed by atoms with E-state index in [2.05, 4.69) is 10.3 Å². The number of nitrogens with one attached hydrogen (secondary N) is 1. The topological polar surface area (TPSA) is 42.0 Å². The monoisotopic (exact) mass is 312 g/mol. The standard InChI is InChI=1S/C15H21ClN2OS/c16-13-9-6-10-17-15(13)20-11-14(19)18-12-7-4-2-1-3-5-8-12/h6,9-10,12H,1-5,7-8,11H2,(H,18,19). The molecule has 0 saturated heterocycles. The zero-order chi connectivity index (χ0) is 14.2. The van der Waals surface area contributed by atoms with Gasteiger partial charge >= 0.3 is 0 Å². The summed E-state index contributed by atoms with van der Waals surface area (Å²) in [5.74, 6) is 0.468. The van der Waals surface area contributed by atoms with Crippen LogP contribution in [0.4, 0.5) is 0 Å². The average molecular weight is 313 g/mol. The van der Waals surface area contributed by atoms with Gasteiger partial charge in [-0.15, -0.1) is 0 Å². The predicted octanol–water partition coefficient (Wildman–Crippen LogP) is 4.06. The van der Waals surface area contributed by atoms with E-state index in [1.54, 1.807) is 18.3 Å². The number of rotatable bonds is 4. The van der Waals surface area contributed by atoms with Gasteiger partial charge in [0.25, 0.3) is 0 Å². The van der Waals surface area contributed by atoms with E-state index < -0.39 is 0 Å². The molecule has 0 aromatic carbocycles. The van der Waals surface area contributed by atoms with Crippen LogP contribution < -0.4 is 5.32 Å². The van der Waals surface area contributed by atoms with E-state index in [-0.39, 0.29) is 5.91 Å². The van der Waals surface area contributed by atoms with Crippen LogP contribution >= 0.6 is 23.4 Å². The van der Waals surface area contributed by atoms with Crippen molar-refractivity contribution >= 4 is 29.3 Å². The van der Waals surface area contributed by atoms with Gasteiger partial charge in [-0.2, -0.15) is 0 Å². The van der Waals surface area contributed by atoms with Crippen LogP contribution in [0.25, 0.3) is 0 Å². The summed E-state index contributed by atoms with van der Waals surface area (Å²) >= 11 is 7.42. The molecular formula is C15H21ClN2OS. The van der Waals surface area contributed by atoms with E-state index in [9.17, 15) is 4.79 Å². The van der Waals surface area contributed by atoms with Crippen molar-refractivity contribution in [2.24, 2.45) is 0 Å². The number of aromatic nitrogens is 1. The normalized spacial score (nSPS) is 17.2. The van der Waals surface area contributed by atoms with Gasteiger partial charge in [0, 0.05) is 12.2 Å². The molecule has 20 heavy (non-hydrogen) atoms. The highest BCUT2D eigenvalue weighted by atomic mass is 35.5. The second-order valence-corrected chi connectivity index (χ2v) is 6.56. The smallest absolute Gasteiger partial charge is 0.230 e. The SMILES string of the molecule is O=C(CSc1ncccc1Cl)NC1CCCCCCC1. The molecule has 5 heteroatoms. The Labute approximate surface area is 129 Å². The maximum Gasteiger partial charge on any atom is 0.230 e. The van der Waals surface area contributed by atoms with Gasteiger partial charge in [0.15, 0.2) is 0 Å². The minimum atomic E-state index is 0.0855. The second kappa shape index (κ2) is 8.53. The molecule has 1 saturated carbocycles. The molecular weight excluding hydrogens is 292 g/mol. The lowest BCUT2D eigenvalue weighted by molar-refractivity contribution is -0.119. The molecule has 0 radical (unpaired) electrons. The maximum atomic E-state index is 12.0. The fraction of sp³-hybridized carbons (Fsp3) is 0.600. The Morgan fingerprint density at radius 3 is 2.70 bits per heavy atom. The zero-order valence-electron chi connectivity index (χ0n) is 11.6. The van der Waals surface area contributed by atoms with Crippen LogP contribution in [0, 0.1) is 0 Å². The van der Waals surface area contributed by atoms with Crippen molar-refractivity contribution < 1.29 is 4.79 Å². The number of amides is 1. The molecule has 1 aromatic heterocycles. The molecule has 0 aliphatic heterocycles. The Morgan fingerprint density at radius 1 is 1.30 bits per heavy atom. The number of pyridine rings is 1. The third-order valence-electron chi connectivity index (χ3n) is 3.53. The Bertz CT molecular complexity index is 434. The first kappa shape index (κ1) is 15.6. The van der Waals surface area contributed by atoms with E-state index in [1.807, 2.05) is 0 Å². The van der Waals surface area contributed by atoms with Crippen molar-refractivity contribution in [2.45, 2.75) is 56.0 Å². The fourth-order valence-corrected chi connectivity index (χ4v) is 3.46. The number of nitrogens with zero attached hydrogens (tertiary/aromatic N) is 1. The predicted molar refractivity (Wildman–Crippen MR) is 84.2 cm³/mol. The van der Waals surface area contributed by atoms with Crippen molar-refractivity contribution in [3.8, 4) is 0 Å². The lowest BCUT2D eigenvalue weighted by Crippen LogP contribution is -2.36. The van der Waals surface area contributed by atoms with Gasteiger partial charge in [-0.05, 0) is 25.0 Å². The summed E-state index contributed by atoms with van der Waals surface area (Å²) in [5.41, 5.74) is 0. The van der Waals surface area contributed by atoms with E-state index >= 15 is 0 Å². The van der Waals surface area contributed by atoms with Gasteiger partial charge in [0.05, 0.1) is 10.8 Å². The summed E-state index contributed by atoms with van der Waals surface area (Å²) in [6.07, 6.45) is 10.3. The molecule has 1 N–H and O–H groups in total. The first-order chi connectivity index (χ1) is 9.75. The van der Waals surface area contributed by atoms with E-state index in [4.69, 9.17) is 11.6 Å². The second-order valence-electron chi connectivity index (χ2n) is 5.19. The Hall–Kier alpha value is -0.740. The van der Waals surface area contributed by atoms with Crippen molar-refractivity contribution in [3.05, 3.63) is 23.4 Å². The number of halogens is 1. The third kappa shape index (κ3) is 5.33. The van der Waals surface area contributed by atoms with E-state index in [0.717, 1.165) is 17.9 Å². The van der Waals surface area contributed by atoms with Gasteiger partial charge in [0.1, 0.15) is 5.03 Å². The molecule has 0 unspecified atom stereocenters. The van der Waals surface area contributed by atoms with Crippen LogP contribution in [0.5, 0.6) is 0 Å². The maximum absolute atomic E-state index is 12.0. The van der Waals surface area contributed by atoms with E-state index in [0.29, 0.717) is 16.8 Å². The molecule has 110 valence electrons. The van der Waals surface area contributed by atoms with Crippen molar-refractivity contribution in [1.29, 1.82) is 0 Å². The lowest BCUT2D eigenvalue weighted by atomic mass is 9.97. The summed E-state index contributed by atoms with van der Waals surface area (Å²) in [4.78, 5) is 16.2. The molecule has 1 fully saturated rings. The van der Waals surface area contributed by atoms with Crippen LogP contribution in [-0.4, -0.2) is 22.7 Å². The minimum Gasteiger partial charge on any atom is -0.353 e. The summed E-state index contributed by atoms with van der Waals surface area (Å²) in [5, 5.41) is 4.48. The first-order valence-electron chi connectivity index (χ1n) is 7.28. The molecule has 2 rings (SSSR count). The summed E-state index contributed by atoms with van der Waals surface area (Å²) in [6.45, 7) is 0. The summed E-state index contributed by atoms with van der Waals surface area (Å²) < 4.78 is 0. The van der Waals surface area contributed by atoms with Gasteiger partial charge < -0.3 is 5.32 Å². The largest absolute Gasteiger partial charge is 0.353 e. The first-order valence-corrected chi connectivity index (χ1v) is 8.65. The molecule has 1 aliphatic carbocycles. The molecule has 0 atom stereocenters. The molecule has 1 aromatic rings. The van der Waals surface area contributed by atoms with Crippen molar-refractivity contribution in [1.82, 2.24) is 10.3 Å². The van der Waals surface area contributed by atoms with Crippen LogP contribution in [0.15, 0.2) is 23.4 Å². The highest BCUT2D eigenvalue weighted by Crippen LogP contribution is 2.24. The Morgan fingerprint density at radius 2 is 2.00 bits per heavy atom. The number of carbonyl (C=O) groups is 1. The number of hydrogen-bond acceptors (Lipinski definition) is 3. The number of hydrogen-bond donors (Lipinski definition) is 1. The molecule has 0 bridgehead atoms. The molecule has 1 aliphatic rings. The van der Waals surface area contributed by atoms with Crippen LogP contribution in [0.3, 0.4) is 0 Å². The summed E-state index contributed by atoms with van der Waals surface area (Å²) in [7, 11) is 0.